The predicted octanol–water partition coefficient (Wildman–Crippen LogP) is 2.30. The first-order valence-electron chi connectivity index (χ1n) is 7.13. The van der Waals surface area contributed by atoms with Crippen molar-refractivity contribution in [2.75, 3.05) is 24.6 Å². The van der Waals surface area contributed by atoms with Crippen LogP contribution in [0.3, 0.4) is 0 Å². The summed E-state index contributed by atoms with van der Waals surface area (Å²) in [6.07, 6.45) is 1.01. The van der Waals surface area contributed by atoms with E-state index in [2.05, 4.69) is 11.8 Å². The molecule has 1 aromatic rings. The molecule has 0 atom stereocenters. The largest absolute Gasteiger partial charge is 0.399 e. The first kappa shape index (κ1) is 17.0. The lowest BCUT2D eigenvalue weighted by Gasteiger charge is -2.22. The van der Waals surface area contributed by atoms with Gasteiger partial charge in [-0.25, -0.2) is 8.42 Å². The van der Waals surface area contributed by atoms with E-state index in [4.69, 9.17) is 5.73 Å². The summed E-state index contributed by atoms with van der Waals surface area (Å²) >= 11 is 0. The van der Waals surface area contributed by atoms with Crippen LogP contribution in [0.15, 0.2) is 24.3 Å². The molecule has 0 bridgehead atoms. The van der Waals surface area contributed by atoms with Crippen molar-refractivity contribution >= 4 is 15.5 Å². The second-order valence-corrected chi connectivity index (χ2v) is 8.11. The van der Waals surface area contributed by atoms with Gasteiger partial charge in [0.25, 0.3) is 0 Å². The Morgan fingerprint density at radius 3 is 2.25 bits per heavy atom. The van der Waals surface area contributed by atoms with Crippen LogP contribution in [0.4, 0.5) is 5.69 Å². The second kappa shape index (κ2) is 7.64. The van der Waals surface area contributed by atoms with Crippen molar-refractivity contribution in [2.45, 2.75) is 39.0 Å². The van der Waals surface area contributed by atoms with E-state index < -0.39 is 9.84 Å². The number of anilines is 1. The molecule has 4 nitrogen and oxygen atoms in total. The molecule has 0 saturated carbocycles. The maximum Gasteiger partial charge on any atom is 0.153 e. The molecule has 0 spiro atoms. The normalized spacial score (nSPS) is 12.2. The van der Waals surface area contributed by atoms with Crippen molar-refractivity contribution in [1.82, 2.24) is 4.90 Å². The van der Waals surface area contributed by atoms with Crippen LogP contribution in [0.1, 0.15) is 32.8 Å². The number of sulfone groups is 1. The van der Waals surface area contributed by atoms with Gasteiger partial charge in [0.2, 0.25) is 0 Å². The molecule has 114 valence electrons. The standard InChI is InChI=1S/C15H26N2O2S/c1-4-9-17(10-11-20(18,19)13(2)3)12-14-5-7-15(16)8-6-14/h5-8,13H,4,9-12,16H2,1-3H3. The minimum absolute atomic E-state index is 0.222. The molecule has 1 aromatic carbocycles. The number of hydrogen-bond donors (Lipinski definition) is 1. The molecule has 0 aliphatic carbocycles. The van der Waals surface area contributed by atoms with Crippen LogP contribution < -0.4 is 5.73 Å². The van der Waals surface area contributed by atoms with Crippen molar-refractivity contribution in [1.29, 1.82) is 0 Å². The lowest BCUT2D eigenvalue weighted by atomic mass is 10.2. The van der Waals surface area contributed by atoms with Gasteiger partial charge in [0.15, 0.2) is 9.84 Å². The van der Waals surface area contributed by atoms with Crippen molar-refractivity contribution < 1.29 is 8.42 Å². The van der Waals surface area contributed by atoms with Gasteiger partial charge in [-0.3, -0.25) is 4.90 Å². The van der Waals surface area contributed by atoms with E-state index in [-0.39, 0.29) is 11.0 Å². The first-order valence-corrected chi connectivity index (χ1v) is 8.85. The Labute approximate surface area is 122 Å². The summed E-state index contributed by atoms with van der Waals surface area (Å²) in [6.45, 7) is 7.82. The van der Waals surface area contributed by atoms with Gasteiger partial charge in [-0.2, -0.15) is 0 Å². The van der Waals surface area contributed by atoms with E-state index >= 15 is 0 Å². The fraction of sp³-hybridized carbons (Fsp3) is 0.600. The van der Waals surface area contributed by atoms with E-state index in [9.17, 15) is 8.42 Å². The molecule has 2 N–H and O–H groups in total. The number of hydrogen-bond acceptors (Lipinski definition) is 4. The Morgan fingerprint density at radius 1 is 1.15 bits per heavy atom. The van der Waals surface area contributed by atoms with Gasteiger partial charge in [-0.05, 0) is 44.5 Å². The van der Waals surface area contributed by atoms with Crippen molar-refractivity contribution in [2.24, 2.45) is 0 Å². The van der Waals surface area contributed by atoms with Crippen LogP contribution >= 0.6 is 0 Å². The number of nitrogens with two attached hydrogens (primary N) is 1. The summed E-state index contributed by atoms with van der Waals surface area (Å²) < 4.78 is 23.8. The monoisotopic (exact) mass is 298 g/mol. The summed E-state index contributed by atoms with van der Waals surface area (Å²) in [4.78, 5) is 2.19. The number of rotatable bonds is 8. The molecule has 0 aromatic heterocycles. The Morgan fingerprint density at radius 2 is 1.75 bits per heavy atom. The molecule has 5 heteroatoms. The molecule has 0 amide bonds. The van der Waals surface area contributed by atoms with Gasteiger partial charge in [0.05, 0.1) is 11.0 Å². The van der Waals surface area contributed by atoms with Gasteiger partial charge in [-0.15, -0.1) is 0 Å². The van der Waals surface area contributed by atoms with Crippen LogP contribution in [-0.2, 0) is 16.4 Å². The highest BCUT2D eigenvalue weighted by molar-refractivity contribution is 7.92. The van der Waals surface area contributed by atoms with Crippen molar-refractivity contribution in [3.05, 3.63) is 29.8 Å². The number of benzene rings is 1. The fourth-order valence-electron chi connectivity index (χ4n) is 1.96. The minimum Gasteiger partial charge on any atom is -0.399 e. The number of nitrogen functional groups attached to an aromatic ring is 1. The average Bonchev–Trinajstić information content (AvgIpc) is 2.39. The summed E-state index contributed by atoms with van der Waals surface area (Å²) in [7, 11) is -2.97. The zero-order valence-corrected chi connectivity index (χ0v) is 13.5. The third-order valence-electron chi connectivity index (χ3n) is 3.34. The SMILES string of the molecule is CCCN(CCS(=O)(=O)C(C)C)Cc1ccc(N)cc1. The van der Waals surface area contributed by atoms with Crippen LogP contribution in [0.25, 0.3) is 0 Å². The van der Waals surface area contributed by atoms with Gasteiger partial charge in [-0.1, -0.05) is 19.1 Å². The molecule has 0 aliphatic rings. The van der Waals surface area contributed by atoms with Crippen molar-refractivity contribution in [3.63, 3.8) is 0 Å². The van der Waals surface area contributed by atoms with Gasteiger partial charge in [0, 0.05) is 18.8 Å². The average molecular weight is 298 g/mol. The fourth-order valence-corrected chi connectivity index (χ4v) is 2.94. The van der Waals surface area contributed by atoms with Crippen LogP contribution in [0.5, 0.6) is 0 Å². The lowest BCUT2D eigenvalue weighted by Crippen LogP contribution is -2.32. The summed E-state index contributed by atoms with van der Waals surface area (Å²) in [5, 5.41) is -0.303. The topological polar surface area (TPSA) is 63.4 Å². The maximum atomic E-state index is 11.9. The Bertz CT molecular complexity index is 495. The Balaban J connectivity index is 2.63. The van der Waals surface area contributed by atoms with Crippen LogP contribution in [-0.4, -0.2) is 37.4 Å². The molecular weight excluding hydrogens is 272 g/mol. The zero-order valence-electron chi connectivity index (χ0n) is 12.7. The second-order valence-electron chi connectivity index (χ2n) is 5.43. The van der Waals surface area contributed by atoms with E-state index in [1.165, 1.54) is 0 Å². The zero-order chi connectivity index (χ0) is 15.2. The van der Waals surface area contributed by atoms with Gasteiger partial charge in [0.1, 0.15) is 0 Å². The molecular formula is C15H26N2O2S. The number of nitrogens with zero attached hydrogens (tertiary/aromatic N) is 1. The third-order valence-corrected chi connectivity index (χ3v) is 5.52. The quantitative estimate of drug-likeness (QED) is 0.748. The third kappa shape index (κ3) is 5.51. The van der Waals surface area contributed by atoms with E-state index in [1.54, 1.807) is 13.8 Å². The summed E-state index contributed by atoms with van der Waals surface area (Å²) in [5.41, 5.74) is 7.58. The molecule has 0 fully saturated rings. The van der Waals surface area contributed by atoms with E-state index in [1.807, 2.05) is 24.3 Å². The van der Waals surface area contributed by atoms with Gasteiger partial charge < -0.3 is 5.73 Å². The first-order chi connectivity index (χ1) is 9.35. The molecule has 0 radical (unpaired) electrons. The summed E-state index contributed by atoms with van der Waals surface area (Å²) in [6, 6.07) is 7.75. The highest BCUT2D eigenvalue weighted by atomic mass is 32.2. The summed E-state index contributed by atoms with van der Waals surface area (Å²) in [5.74, 6) is 0.222. The Kier molecular flexibility index (Phi) is 6.49. The molecule has 0 unspecified atom stereocenters. The minimum atomic E-state index is -2.97. The van der Waals surface area contributed by atoms with E-state index in [0.29, 0.717) is 6.54 Å². The highest BCUT2D eigenvalue weighted by Gasteiger charge is 2.17. The molecule has 0 saturated heterocycles. The molecule has 0 heterocycles. The maximum absolute atomic E-state index is 11.9. The highest BCUT2D eigenvalue weighted by Crippen LogP contribution is 2.10. The Hall–Kier alpha value is -1.07. The van der Waals surface area contributed by atoms with Crippen LogP contribution in [0.2, 0.25) is 0 Å². The van der Waals surface area contributed by atoms with E-state index in [0.717, 1.165) is 30.8 Å². The molecule has 0 aliphatic heterocycles. The van der Waals surface area contributed by atoms with Gasteiger partial charge >= 0.3 is 0 Å². The predicted molar refractivity (Wildman–Crippen MR) is 85.3 cm³/mol. The van der Waals surface area contributed by atoms with Crippen molar-refractivity contribution in [3.8, 4) is 0 Å². The van der Waals surface area contributed by atoms with Crippen LogP contribution in [0, 0.1) is 0 Å². The molecule has 20 heavy (non-hydrogen) atoms. The molecule has 1 rings (SSSR count). The lowest BCUT2D eigenvalue weighted by molar-refractivity contribution is 0.281. The smallest absolute Gasteiger partial charge is 0.153 e.